The van der Waals surface area contributed by atoms with Crippen molar-refractivity contribution in [1.29, 1.82) is 0 Å². The zero-order chi connectivity index (χ0) is 11.1. The Morgan fingerprint density at radius 3 is 2.94 bits per heavy atom. The van der Waals surface area contributed by atoms with Crippen molar-refractivity contribution in [1.82, 2.24) is 5.01 Å². The average Bonchev–Trinajstić information content (AvgIpc) is 2.66. The zero-order valence-electron chi connectivity index (χ0n) is 11.0. The molecule has 0 bridgehead atoms. The summed E-state index contributed by atoms with van der Waals surface area (Å²) in [5.74, 6) is 0. The third-order valence-electron chi connectivity index (χ3n) is 2.93. The number of methoxy groups -OCH3 is 1. The van der Waals surface area contributed by atoms with Crippen LogP contribution in [-0.4, -0.2) is 37.4 Å². The minimum absolute atomic E-state index is 0. The van der Waals surface area contributed by atoms with Gasteiger partial charge < -0.3 is 15.2 Å². The molecule has 2 atom stereocenters. The van der Waals surface area contributed by atoms with Crippen molar-refractivity contribution in [2.24, 2.45) is 0 Å². The fraction of sp³-hybridized carbons (Fsp3) is 0.833. The van der Waals surface area contributed by atoms with Crippen LogP contribution in [-0.2, 0) is 4.74 Å². The first-order chi connectivity index (χ1) is 7.31. The van der Waals surface area contributed by atoms with Crippen LogP contribution in [0.2, 0.25) is 0 Å². The maximum Gasteiger partial charge on any atom is 1.00 e. The van der Waals surface area contributed by atoms with E-state index in [4.69, 9.17) is 10.2 Å². The molecule has 0 saturated carbocycles. The molecule has 1 fully saturated rings. The Morgan fingerprint density at radius 2 is 2.38 bits per heavy atom. The van der Waals surface area contributed by atoms with E-state index < -0.39 is 0 Å². The van der Waals surface area contributed by atoms with Crippen LogP contribution in [0.5, 0.6) is 0 Å². The average molecular weight is 218 g/mol. The number of hydrogen-bond donors (Lipinski definition) is 0. The van der Waals surface area contributed by atoms with Crippen molar-refractivity contribution in [3.05, 3.63) is 18.1 Å². The van der Waals surface area contributed by atoms with Crippen LogP contribution in [0, 0.1) is 0 Å². The van der Waals surface area contributed by atoms with Crippen LogP contribution in [0.15, 0.2) is 12.7 Å². The van der Waals surface area contributed by atoms with Crippen LogP contribution in [0.1, 0.15) is 32.6 Å². The Kier molecular flexibility index (Phi) is 9.39. The van der Waals surface area contributed by atoms with E-state index in [-0.39, 0.29) is 18.9 Å². The predicted octanol–water partition coefficient (Wildman–Crippen LogP) is -0.255. The molecule has 1 heterocycles. The van der Waals surface area contributed by atoms with Gasteiger partial charge in [0, 0.05) is 13.2 Å². The van der Waals surface area contributed by atoms with E-state index in [0.717, 1.165) is 26.0 Å². The molecule has 16 heavy (non-hydrogen) atoms. The Hall–Kier alpha value is 0.217. The maximum absolute atomic E-state index is 5.21. The first-order valence-corrected chi connectivity index (χ1v) is 5.89. The SMILES string of the molecule is C=CCC(CC)[N-]N1CCC[C@H]1COC.[Li+]. The van der Waals surface area contributed by atoms with Crippen molar-refractivity contribution in [3.63, 3.8) is 0 Å². The zero-order valence-corrected chi connectivity index (χ0v) is 11.0. The predicted molar refractivity (Wildman–Crippen MR) is 63.9 cm³/mol. The minimum Gasteiger partial charge on any atom is -0.591 e. The van der Waals surface area contributed by atoms with Gasteiger partial charge in [-0.15, -0.1) is 12.6 Å². The summed E-state index contributed by atoms with van der Waals surface area (Å²) >= 11 is 0. The second-order valence-corrected chi connectivity index (χ2v) is 4.12. The van der Waals surface area contributed by atoms with Crippen molar-refractivity contribution in [3.8, 4) is 0 Å². The molecule has 0 N–H and O–H groups in total. The Balaban J connectivity index is 0.00000225. The molecule has 0 radical (unpaired) electrons. The van der Waals surface area contributed by atoms with Gasteiger partial charge >= 0.3 is 18.9 Å². The van der Waals surface area contributed by atoms with Crippen LogP contribution in [0.4, 0.5) is 0 Å². The van der Waals surface area contributed by atoms with E-state index in [1.165, 1.54) is 12.8 Å². The van der Waals surface area contributed by atoms with Crippen LogP contribution < -0.4 is 18.9 Å². The Labute approximate surface area is 112 Å². The summed E-state index contributed by atoms with van der Waals surface area (Å²) in [7, 11) is 1.76. The molecule has 0 aliphatic carbocycles. The molecular weight excluding hydrogens is 195 g/mol. The Morgan fingerprint density at radius 1 is 1.62 bits per heavy atom. The van der Waals surface area contributed by atoms with E-state index >= 15 is 0 Å². The summed E-state index contributed by atoms with van der Waals surface area (Å²) in [5, 5.41) is 2.22. The largest absolute Gasteiger partial charge is 1.00 e. The van der Waals surface area contributed by atoms with Gasteiger partial charge in [0.15, 0.2) is 0 Å². The van der Waals surface area contributed by atoms with Gasteiger partial charge in [-0.2, -0.15) is 0 Å². The van der Waals surface area contributed by atoms with Gasteiger partial charge in [0.1, 0.15) is 0 Å². The molecule has 1 aliphatic heterocycles. The van der Waals surface area contributed by atoms with Crippen molar-refractivity contribution < 1.29 is 23.6 Å². The second kappa shape index (κ2) is 9.27. The minimum atomic E-state index is 0. The summed E-state index contributed by atoms with van der Waals surface area (Å²) < 4.78 is 5.21. The number of ether oxygens (including phenoxy) is 1. The van der Waals surface area contributed by atoms with E-state index in [0.29, 0.717) is 12.1 Å². The normalized spacial score (nSPS) is 22.8. The molecule has 0 amide bonds. The van der Waals surface area contributed by atoms with Gasteiger partial charge in [0.2, 0.25) is 0 Å². The summed E-state index contributed by atoms with van der Waals surface area (Å²) in [6, 6.07) is 0.897. The molecule has 1 unspecified atom stereocenters. The molecule has 0 aromatic heterocycles. The van der Waals surface area contributed by atoms with Gasteiger partial charge in [-0.3, -0.25) is 0 Å². The molecule has 0 aromatic rings. The first-order valence-electron chi connectivity index (χ1n) is 5.89. The molecule has 1 aliphatic rings. The van der Waals surface area contributed by atoms with E-state index in [1.807, 2.05) is 6.08 Å². The van der Waals surface area contributed by atoms with Gasteiger partial charge in [-0.05, 0) is 19.4 Å². The van der Waals surface area contributed by atoms with Gasteiger partial charge in [-0.25, -0.2) is 0 Å². The van der Waals surface area contributed by atoms with Gasteiger partial charge in [0.05, 0.1) is 6.61 Å². The molecule has 0 aromatic carbocycles. The smallest absolute Gasteiger partial charge is 0.591 e. The number of hydrogen-bond acceptors (Lipinski definition) is 2. The summed E-state index contributed by atoms with van der Waals surface area (Å²) in [5.41, 5.74) is 4.77. The topological polar surface area (TPSA) is 26.6 Å². The van der Waals surface area contributed by atoms with Crippen molar-refractivity contribution in [2.45, 2.75) is 44.7 Å². The van der Waals surface area contributed by atoms with Crippen LogP contribution in [0.3, 0.4) is 0 Å². The second-order valence-electron chi connectivity index (χ2n) is 4.12. The quantitative estimate of drug-likeness (QED) is 0.435. The molecule has 1 rings (SSSR count). The fourth-order valence-corrected chi connectivity index (χ4v) is 2.03. The Bertz CT molecular complexity index is 190. The van der Waals surface area contributed by atoms with E-state index in [9.17, 15) is 0 Å². The molecule has 88 valence electrons. The summed E-state index contributed by atoms with van der Waals surface area (Å²) in [6.07, 6.45) is 6.47. The molecule has 3 nitrogen and oxygen atoms in total. The standard InChI is InChI=1S/C12H23N2O.Li/c1-4-7-11(5-2)13-14-9-6-8-12(14)10-15-3;/h4,11-12H,1,5-10H2,2-3H3;/q-1;+1/t11?,12-;/m0./s1. The molecular formula is C12H23LiN2O. The van der Waals surface area contributed by atoms with Crippen LogP contribution >= 0.6 is 0 Å². The van der Waals surface area contributed by atoms with Crippen LogP contribution in [0.25, 0.3) is 5.43 Å². The molecule has 1 saturated heterocycles. The fourth-order valence-electron chi connectivity index (χ4n) is 2.03. The number of rotatable bonds is 7. The summed E-state index contributed by atoms with van der Waals surface area (Å²) in [6.45, 7) is 7.84. The van der Waals surface area contributed by atoms with Gasteiger partial charge in [0.25, 0.3) is 0 Å². The molecule has 0 spiro atoms. The third kappa shape index (κ3) is 5.03. The number of nitrogens with zero attached hydrogens (tertiary/aromatic N) is 2. The van der Waals surface area contributed by atoms with Crippen molar-refractivity contribution >= 4 is 0 Å². The monoisotopic (exact) mass is 218 g/mol. The molecule has 4 heteroatoms. The van der Waals surface area contributed by atoms with Crippen molar-refractivity contribution in [2.75, 3.05) is 20.3 Å². The van der Waals surface area contributed by atoms with Gasteiger partial charge in [-0.1, -0.05) is 25.8 Å². The first kappa shape index (κ1) is 16.2. The maximum atomic E-state index is 5.21. The van der Waals surface area contributed by atoms with E-state index in [1.54, 1.807) is 7.11 Å². The third-order valence-corrected chi connectivity index (χ3v) is 2.93. The summed E-state index contributed by atoms with van der Waals surface area (Å²) in [4.78, 5) is 0. The van der Waals surface area contributed by atoms with E-state index in [2.05, 4.69) is 18.5 Å².